The molecule has 17 heavy (non-hydrogen) atoms. The van der Waals surface area contributed by atoms with Gasteiger partial charge in [0.05, 0.1) is 28.4 Å². The maximum Gasteiger partial charge on any atom is 0.416 e. The van der Waals surface area contributed by atoms with E-state index in [2.05, 4.69) is 3.53 Å². The van der Waals surface area contributed by atoms with Crippen LogP contribution < -0.4 is 8.43 Å². The molecule has 1 aliphatic rings. The van der Waals surface area contributed by atoms with Gasteiger partial charge in [0.15, 0.2) is 0 Å². The van der Waals surface area contributed by atoms with Crippen molar-refractivity contribution in [2.24, 2.45) is 0 Å². The van der Waals surface area contributed by atoms with Gasteiger partial charge in [-0.3, -0.25) is 0 Å². The normalized spacial score (nSPS) is 16.4. The lowest BCUT2D eigenvalue weighted by Gasteiger charge is -2.20. The summed E-state index contributed by atoms with van der Waals surface area (Å²) in [4.78, 5) is 1.99. The van der Waals surface area contributed by atoms with E-state index in [1.54, 1.807) is 6.07 Å². The number of hydrogen-bond donors (Lipinski definition) is 1. The van der Waals surface area contributed by atoms with Gasteiger partial charge in [-0.15, -0.1) is 0 Å². The van der Waals surface area contributed by atoms with Crippen LogP contribution >= 0.6 is 22.9 Å². The molecule has 0 amide bonds. The molecule has 94 valence electrons. The molecule has 1 aromatic carbocycles. The quantitative estimate of drug-likeness (QED) is 0.635. The number of nitrogens with one attached hydrogen (secondary N) is 1. The molecule has 1 fully saturated rings. The van der Waals surface area contributed by atoms with Crippen molar-refractivity contribution in [3.05, 3.63) is 23.8 Å². The molecule has 1 N–H and O–H groups in total. The first-order valence-electron chi connectivity index (χ1n) is 5.34. The fourth-order valence-corrected chi connectivity index (χ4v) is 2.30. The summed E-state index contributed by atoms with van der Waals surface area (Å²) in [6, 6.07) is 4.11. The molecule has 2 nitrogen and oxygen atoms in total. The molecule has 0 atom stereocenters. The predicted molar refractivity (Wildman–Crippen MR) is 70.5 cm³/mol. The van der Waals surface area contributed by atoms with Crippen molar-refractivity contribution in [3.8, 4) is 0 Å². The Labute approximate surface area is 112 Å². The molecule has 0 bridgehead atoms. The molecule has 6 heteroatoms. The van der Waals surface area contributed by atoms with Gasteiger partial charge < -0.3 is 8.43 Å². The van der Waals surface area contributed by atoms with Crippen molar-refractivity contribution in [1.29, 1.82) is 0 Å². The zero-order valence-corrected chi connectivity index (χ0v) is 11.2. The summed E-state index contributed by atoms with van der Waals surface area (Å²) in [5.41, 5.74) is 0.542. The molecule has 0 unspecified atom stereocenters. The average molecular weight is 356 g/mol. The number of halogens is 4. The number of rotatable bonds is 2. The van der Waals surface area contributed by atoms with Crippen LogP contribution in [0, 0.1) is 0 Å². The summed E-state index contributed by atoms with van der Waals surface area (Å²) in [6.45, 7) is 1.67. The van der Waals surface area contributed by atoms with Crippen molar-refractivity contribution >= 4 is 34.2 Å². The second-order valence-electron chi connectivity index (χ2n) is 4.05. The highest BCUT2D eigenvalue weighted by Crippen LogP contribution is 2.35. The minimum absolute atomic E-state index is 0.488. The van der Waals surface area contributed by atoms with Crippen LogP contribution in [0.5, 0.6) is 0 Å². The van der Waals surface area contributed by atoms with E-state index in [-0.39, 0.29) is 0 Å². The van der Waals surface area contributed by atoms with Crippen LogP contribution in [0.4, 0.5) is 24.5 Å². The summed E-state index contributed by atoms with van der Waals surface area (Å²) in [5.74, 6) is 0. The van der Waals surface area contributed by atoms with E-state index in [1.165, 1.54) is 6.07 Å². The molecule has 0 spiro atoms. The molecule has 0 aromatic heterocycles. The minimum atomic E-state index is -4.29. The highest BCUT2D eigenvalue weighted by molar-refractivity contribution is 14.1. The van der Waals surface area contributed by atoms with Gasteiger partial charge >= 0.3 is 6.18 Å². The van der Waals surface area contributed by atoms with Crippen LogP contribution in [-0.2, 0) is 6.18 Å². The Morgan fingerprint density at radius 2 is 1.76 bits per heavy atom. The smallest absolute Gasteiger partial charge is 0.371 e. The van der Waals surface area contributed by atoms with Crippen molar-refractivity contribution < 1.29 is 13.2 Å². The second kappa shape index (κ2) is 4.91. The lowest BCUT2D eigenvalue weighted by Crippen LogP contribution is -2.18. The van der Waals surface area contributed by atoms with Crippen molar-refractivity contribution in [2.75, 3.05) is 21.5 Å². The monoisotopic (exact) mass is 356 g/mol. The fraction of sp³-hybridized carbons (Fsp3) is 0.455. The molecule has 0 radical (unpaired) electrons. The van der Waals surface area contributed by atoms with Gasteiger partial charge in [0.25, 0.3) is 0 Å². The molecule has 1 aromatic rings. The van der Waals surface area contributed by atoms with Gasteiger partial charge in [-0.2, -0.15) is 13.2 Å². The van der Waals surface area contributed by atoms with Crippen LogP contribution in [0.15, 0.2) is 18.2 Å². The summed E-state index contributed by atoms with van der Waals surface area (Å²) in [6.07, 6.45) is -2.20. The fourth-order valence-electron chi connectivity index (χ4n) is 1.99. The molecule has 2 rings (SSSR count). The molecular formula is C11H12F3IN2. The number of anilines is 2. The van der Waals surface area contributed by atoms with E-state index in [9.17, 15) is 13.2 Å². The molecule has 1 saturated heterocycles. The van der Waals surface area contributed by atoms with E-state index >= 15 is 0 Å². The van der Waals surface area contributed by atoms with E-state index in [0.29, 0.717) is 11.4 Å². The Morgan fingerprint density at radius 3 is 2.29 bits per heavy atom. The molecule has 0 aliphatic carbocycles. The third kappa shape index (κ3) is 2.97. The van der Waals surface area contributed by atoms with Crippen LogP contribution in [0.2, 0.25) is 0 Å². The Balaban J connectivity index is 2.38. The lowest BCUT2D eigenvalue weighted by atomic mass is 10.1. The molecule has 0 saturated carbocycles. The Hall–Kier alpha value is -0.660. The Bertz CT molecular complexity index is 400. The summed E-state index contributed by atoms with van der Waals surface area (Å²) < 4.78 is 40.9. The van der Waals surface area contributed by atoms with E-state index in [4.69, 9.17) is 0 Å². The van der Waals surface area contributed by atoms with Crippen molar-refractivity contribution in [3.63, 3.8) is 0 Å². The van der Waals surface area contributed by atoms with Crippen LogP contribution in [-0.4, -0.2) is 13.1 Å². The summed E-state index contributed by atoms with van der Waals surface area (Å²) in [7, 11) is 0. The number of benzene rings is 1. The second-order valence-corrected chi connectivity index (χ2v) is 4.59. The number of nitrogens with zero attached hydrogens (tertiary/aromatic N) is 1. The summed E-state index contributed by atoms with van der Waals surface area (Å²) in [5, 5.41) is 0. The molecule has 1 heterocycles. The van der Waals surface area contributed by atoms with Crippen molar-refractivity contribution in [2.45, 2.75) is 19.0 Å². The topological polar surface area (TPSA) is 15.3 Å². The maximum absolute atomic E-state index is 12.7. The highest BCUT2D eigenvalue weighted by atomic mass is 127. The highest BCUT2D eigenvalue weighted by Gasteiger charge is 2.31. The standard InChI is InChI=1S/C11H12F3IN2/c12-11(13,14)8-5-9(16-15)7-10(6-8)17-3-1-2-4-17/h5-7,16H,1-4H2. The minimum Gasteiger partial charge on any atom is -0.371 e. The van der Waals surface area contributed by atoms with Gasteiger partial charge in [-0.05, 0) is 31.0 Å². The van der Waals surface area contributed by atoms with Gasteiger partial charge in [0.2, 0.25) is 0 Å². The average Bonchev–Trinajstić information content (AvgIpc) is 2.80. The third-order valence-electron chi connectivity index (χ3n) is 2.83. The predicted octanol–water partition coefficient (Wildman–Crippen LogP) is 4.07. The van der Waals surface area contributed by atoms with Gasteiger partial charge in [0, 0.05) is 24.5 Å². The van der Waals surface area contributed by atoms with Gasteiger partial charge in [0.1, 0.15) is 0 Å². The third-order valence-corrected chi connectivity index (χ3v) is 3.45. The first-order valence-corrected chi connectivity index (χ1v) is 6.42. The zero-order chi connectivity index (χ0) is 12.5. The maximum atomic E-state index is 12.7. The lowest BCUT2D eigenvalue weighted by molar-refractivity contribution is -0.137. The van der Waals surface area contributed by atoms with Crippen LogP contribution in [0.25, 0.3) is 0 Å². The van der Waals surface area contributed by atoms with Crippen LogP contribution in [0.1, 0.15) is 18.4 Å². The van der Waals surface area contributed by atoms with E-state index < -0.39 is 11.7 Å². The Kier molecular flexibility index (Phi) is 3.70. The zero-order valence-electron chi connectivity index (χ0n) is 9.02. The van der Waals surface area contributed by atoms with Gasteiger partial charge in [-0.1, -0.05) is 0 Å². The first-order chi connectivity index (χ1) is 8.00. The summed E-state index contributed by atoms with van der Waals surface area (Å²) >= 11 is 1.84. The SMILES string of the molecule is FC(F)(F)c1cc(NI)cc(N2CCCC2)c1. The first kappa shape index (κ1) is 12.8. The molecule has 1 aliphatic heterocycles. The van der Waals surface area contributed by atoms with E-state index in [0.717, 1.165) is 32.0 Å². The van der Waals surface area contributed by atoms with Crippen LogP contribution in [0.3, 0.4) is 0 Å². The Morgan fingerprint density at radius 1 is 1.12 bits per heavy atom. The number of alkyl halides is 3. The van der Waals surface area contributed by atoms with Crippen molar-refractivity contribution in [1.82, 2.24) is 0 Å². The van der Waals surface area contributed by atoms with E-state index in [1.807, 2.05) is 27.8 Å². The number of hydrogen-bond acceptors (Lipinski definition) is 2. The molecular weight excluding hydrogens is 344 g/mol. The largest absolute Gasteiger partial charge is 0.416 e. The van der Waals surface area contributed by atoms with Gasteiger partial charge in [-0.25, -0.2) is 0 Å².